The number of ether oxygens (including phenoxy) is 1. The van der Waals surface area contributed by atoms with E-state index < -0.39 is 11.7 Å². The lowest BCUT2D eigenvalue weighted by Crippen LogP contribution is -2.42. The van der Waals surface area contributed by atoms with Crippen molar-refractivity contribution in [3.8, 4) is 0 Å². The molecule has 0 spiro atoms. The summed E-state index contributed by atoms with van der Waals surface area (Å²) in [5, 5.41) is 1.72. The molecule has 1 aromatic carbocycles. The SMILES string of the molecule is CC(c1ccc(Cl)cc1)N(N)C(=O)OC(C)(C)C. The molecule has 0 aliphatic rings. The van der Waals surface area contributed by atoms with Crippen LogP contribution in [0.15, 0.2) is 24.3 Å². The van der Waals surface area contributed by atoms with Crippen LogP contribution in [0.4, 0.5) is 4.79 Å². The number of hydrogen-bond donors (Lipinski definition) is 1. The molecule has 0 bridgehead atoms. The summed E-state index contributed by atoms with van der Waals surface area (Å²) in [4.78, 5) is 11.8. The van der Waals surface area contributed by atoms with E-state index in [1.807, 2.05) is 19.1 Å². The van der Waals surface area contributed by atoms with Gasteiger partial charge >= 0.3 is 6.09 Å². The second kappa shape index (κ2) is 5.59. The summed E-state index contributed by atoms with van der Waals surface area (Å²) in [6.45, 7) is 7.22. The van der Waals surface area contributed by atoms with Gasteiger partial charge in [-0.3, -0.25) is 0 Å². The van der Waals surface area contributed by atoms with E-state index in [0.717, 1.165) is 10.6 Å². The van der Waals surface area contributed by atoms with Crippen LogP contribution < -0.4 is 5.84 Å². The zero-order valence-corrected chi connectivity index (χ0v) is 11.9. The molecule has 0 radical (unpaired) electrons. The van der Waals surface area contributed by atoms with Crippen LogP contribution in [-0.2, 0) is 4.74 Å². The first-order valence-electron chi connectivity index (χ1n) is 5.73. The van der Waals surface area contributed by atoms with Crippen molar-refractivity contribution in [2.24, 2.45) is 5.84 Å². The molecule has 1 unspecified atom stereocenters. The lowest BCUT2D eigenvalue weighted by molar-refractivity contribution is 0.0171. The highest BCUT2D eigenvalue weighted by Gasteiger charge is 2.24. The van der Waals surface area contributed by atoms with E-state index in [-0.39, 0.29) is 6.04 Å². The Labute approximate surface area is 113 Å². The van der Waals surface area contributed by atoms with E-state index in [1.54, 1.807) is 32.9 Å². The van der Waals surface area contributed by atoms with Gasteiger partial charge in [0, 0.05) is 5.02 Å². The van der Waals surface area contributed by atoms with E-state index in [1.165, 1.54) is 0 Å². The zero-order chi connectivity index (χ0) is 13.9. The minimum absolute atomic E-state index is 0.280. The molecule has 4 nitrogen and oxygen atoms in total. The molecule has 0 fully saturated rings. The van der Waals surface area contributed by atoms with Gasteiger partial charge in [0.05, 0.1) is 6.04 Å². The first kappa shape index (κ1) is 14.8. The topological polar surface area (TPSA) is 55.6 Å². The van der Waals surface area contributed by atoms with Crippen LogP contribution >= 0.6 is 11.6 Å². The number of rotatable bonds is 2. The predicted octanol–water partition coefficient (Wildman–Crippen LogP) is 3.51. The van der Waals surface area contributed by atoms with Gasteiger partial charge in [0.1, 0.15) is 5.60 Å². The predicted molar refractivity (Wildman–Crippen MR) is 72.1 cm³/mol. The minimum Gasteiger partial charge on any atom is -0.443 e. The fourth-order valence-corrected chi connectivity index (χ4v) is 1.50. The van der Waals surface area contributed by atoms with Crippen LogP contribution in [0.2, 0.25) is 5.02 Å². The van der Waals surface area contributed by atoms with Crippen molar-refractivity contribution in [3.63, 3.8) is 0 Å². The number of hydrogen-bond acceptors (Lipinski definition) is 3. The van der Waals surface area contributed by atoms with E-state index in [0.29, 0.717) is 5.02 Å². The highest BCUT2D eigenvalue weighted by Crippen LogP contribution is 2.21. The van der Waals surface area contributed by atoms with Gasteiger partial charge in [0.2, 0.25) is 0 Å². The van der Waals surface area contributed by atoms with Crippen LogP contribution in [-0.4, -0.2) is 16.7 Å². The summed E-state index contributed by atoms with van der Waals surface area (Å²) in [5.74, 6) is 5.76. The van der Waals surface area contributed by atoms with E-state index >= 15 is 0 Å². The molecule has 0 saturated carbocycles. The van der Waals surface area contributed by atoms with E-state index in [9.17, 15) is 4.79 Å². The summed E-state index contributed by atoms with van der Waals surface area (Å²) >= 11 is 5.81. The first-order chi connectivity index (χ1) is 8.20. The van der Waals surface area contributed by atoms with Gasteiger partial charge in [-0.1, -0.05) is 23.7 Å². The first-order valence-corrected chi connectivity index (χ1v) is 6.11. The molecule has 18 heavy (non-hydrogen) atoms. The van der Waals surface area contributed by atoms with Gasteiger partial charge in [-0.2, -0.15) is 0 Å². The fraction of sp³-hybridized carbons (Fsp3) is 0.462. The largest absolute Gasteiger partial charge is 0.443 e. The highest BCUT2D eigenvalue weighted by molar-refractivity contribution is 6.30. The molecule has 0 aliphatic carbocycles. The maximum absolute atomic E-state index is 11.8. The molecule has 0 saturated heterocycles. The standard InChI is InChI=1S/C13H19ClN2O2/c1-9(10-5-7-11(14)8-6-10)16(15)12(17)18-13(2,3)4/h5-9H,15H2,1-4H3. The molecule has 100 valence electrons. The molecule has 0 heterocycles. The summed E-state index contributed by atoms with van der Waals surface area (Å²) in [6.07, 6.45) is -0.551. The van der Waals surface area contributed by atoms with Crippen LogP contribution in [0.1, 0.15) is 39.3 Å². The Morgan fingerprint density at radius 1 is 1.33 bits per heavy atom. The van der Waals surface area contributed by atoms with Crippen LogP contribution in [0.25, 0.3) is 0 Å². The molecule has 0 aliphatic heterocycles. The molecular formula is C13H19ClN2O2. The summed E-state index contributed by atoms with van der Waals surface area (Å²) in [6, 6.07) is 6.90. The molecule has 1 rings (SSSR count). The van der Waals surface area contributed by atoms with E-state index in [4.69, 9.17) is 22.2 Å². The Bertz CT molecular complexity index is 412. The number of carbonyl (C=O) groups excluding carboxylic acids is 1. The van der Waals surface area contributed by atoms with Crippen LogP contribution in [0, 0.1) is 0 Å². The van der Waals surface area contributed by atoms with Gasteiger partial charge in [-0.25, -0.2) is 15.6 Å². The number of nitrogens with two attached hydrogens (primary N) is 1. The summed E-state index contributed by atoms with van der Waals surface area (Å²) < 4.78 is 5.20. The average molecular weight is 271 g/mol. The van der Waals surface area contributed by atoms with Gasteiger partial charge in [0.15, 0.2) is 0 Å². The van der Waals surface area contributed by atoms with Crippen molar-refractivity contribution < 1.29 is 9.53 Å². The van der Waals surface area contributed by atoms with Gasteiger partial charge in [-0.15, -0.1) is 0 Å². The van der Waals surface area contributed by atoms with Gasteiger partial charge in [0.25, 0.3) is 0 Å². The second-order valence-corrected chi connectivity index (χ2v) is 5.55. The Morgan fingerprint density at radius 2 is 1.83 bits per heavy atom. The Kier molecular flexibility index (Phi) is 4.59. The zero-order valence-electron chi connectivity index (χ0n) is 11.1. The number of nitrogens with zero attached hydrogens (tertiary/aromatic N) is 1. The van der Waals surface area contributed by atoms with Crippen molar-refractivity contribution in [2.75, 3.05) is 0 Å². The van der Waals surface area contributed by atoms with Crippen LogP contribution in [0.3, 0.4) is 0 Å². The molecular weight excluding hydrogens is 252 g/mol. The van der Waals surface area contributed by atoms with Crippen molar-refractivity contribution >= 4 is 17.7 Å². The third kappa shape index (κ3) is 4.20. The number of carbonyl (C=O) groups is 1. The molecule has 0 aromatic heterocycles. The third-order valence-corrected chi connectivity index (χ3v) is 2.63. The van der Waals surface area contributed by atoms with Crippen LogP contribution in [0.5, 0.6) is 0 Å². The highest BCUT2D eigenvalue weighted by atomic mass is 35.5. The quantitative estimate of drug-likeness (QED) is 0.508. The lowest BCUT2D eigenvalue weighted by Gasteiger charge is -2.28. The number of amides is 1. The average Bonchev–Trinajstić information content (AvgIpc) is 2.26. The van der Waals surface area contributed by atoms with Crippen molar-refractivity contribution in [1.82, 2.24) is 5.01 Å². The van der Waals surface area contributed by atoms with Crippen molar-refractivity contribution in [3.05, 3.63) is 34.9 Å². The molecule has 5 heteroatoms. The van der Waals surface area contributed by atoms with Gasteiger partial charge in [-0.05, 0) is 45.4 Å². The Balaban J connectivity index is 2.74. The Morgan fingerprint density at radius 3 is 2.28 bits per heavy atom. The second-order valence-electron chi connectivity index (χ2n) is 5.12. The fourth-order valence-electron chi connectivity index (χ4n) is 1.37. The normalized spacial score (nSPS) is 13.0. The Hall–Kier alpha value is -1.26. The van der Waals surface area contributed by atoms with Crippen molar-refractivity contribution in [2.45, 2.75) is 39.3 Å². The minimum atomic E-state index is -0.561. The molecule has 2 N–H and O–H groups in total. The summed E-state index contributed by atoms with van der Waals surface area (Å²) in [5.41, 5.74) is 0.335. The smallest absolute Gasteiger partial charge is 0.425 e. The van der Waals surface area contributed by atoms with Gasteiger partial charge < -0.3 is 4.74 Å². The lowest BCUT2D eigenvalue weighted by atomic mass is 10.1. The van der Waals surface area contributed by atoms with Crippen molar-refractivity contribution in [1.29, 1.82) is 0 Å². The number of halogens is 1. The molecule has 1 aromatic rings. The number of benzene rings is 1. The van der Waals surface area contributed by atoms with E-state index in [2.05, 4.69) is 0 Å². The summed E-state index contributed by atoms with van der Waals surface area (Å²) in [7, 11) is 0. The third-order valence-electron chi connectivity index (χ3n) is 2.37. The molecule has 1 atom stereocenters. The maximum atomic E-state index is 11.8. The monoisotopic (exact) mass is 270 g/mol. The maximum Gasteiger partial charge on any atom is 0.425 e. The number of hydrazine groups is 1. The molecule has 1 amide bonds.